The molecule has 0 amide bonds. The number of hydrogen-bond acceptors (Lipinski definition) is 3. The van der Waals surface area contributed by atoms with Crippen LogP contribution in [-0.4, -0.2) is 30.6 Å². The maximum absolute atomic E-state index is 13.1. The Hall–Kier alpha value is -1.35. The standard InChI is InChI=1S/C23H35NO2/c1-6-24(7-2)20(17-11-9-8-10-12-17)21(25)26-16-19-15-18-13-14-23(19,5)22(18,3)4/h8-12,18-20H,6-7,13-16H2,1-5H3/t18-,19-,20?,23+/m0/s1. The fourth-order valence-electron chi connectivity index (χ4n) is 5.60. The van der Waals surface area contributed by atoms with E-state index in [4.69, 9.17) is 4.74 Å². The molecule has 2 bridgehead atoms. The molecule has 1 aromatic carbocycles. The molecule has 4 atom stereocenters. The molecule has 0 spiro atoms. The fraction of sp³-hybridized carbons (Fsp3) is 0.696. The summed E-state index contributed by atoms with van der Waals surface area (Å²) >= 11 is 0. The second kappa shape index (κ2) is 7.34. The van der Waals surface area contributed by atoms with Gasteiger partial charge >= 0.3 is 5.97 Å². The number of rotatable bonds is 7. The van der Waals surface area contributed by atoms with Gasteiger partial charge in [-0.3, -0.25) is 4.90 Å². The normalized spacial score (nSPS) is 30.5. The van der Waals surface area contributed by atoms with Crippen molar-refractivity contribution in [2.75, 3.05) is 19.7 Å². The monoisotopic (exact) mass is 357 g/mol. The van der Waals surface area contributed by atoms with Crippen molar-refractivity contribution in [3.63, 3.8) is 0 Å². The lowest BCUT2D eigenvalue weighted by Gasteiger charge is -2.39. The first-order chi connectivity index (χ1) is 12.3. The van der Waals surface area contributed by atoms with Crippen molar-refractivity contribution in [2.24, 2.45) is 22.7 Å². The maximum Gasteiger partial charge on any atom is 0.328 e. The van der Waals surface area contributed by atoms with E-state index in [0.29, 0.717) is 23.4 Å². The van der Waals surface area contributed by atoms with E-state index in [2.05, 4.69) is 39.5 Å². The van der Waals surface area contributed by atoms with Gasteiger partial charge in [0.25, 0.3) is 0 Å². The average Bonchev–Trinajstić information content (AvgIpc) is 2.98. The highest BCUT2D eigenvalue weighted by Crippen LogP contribution is 2.68. The number of fused-ring (bicyclic) bond motifs is 2. The van der Waals surface area contributed by atoms with E-state index in [0.717, 1.165) is 24.6 Å². The third kappa shape index (κ3) is 3.09. The van der Waals surface area contributed by atoms with E-state index in [1.54, 1.807) is 0 Å². The third-order valence-corrected chi connectivity index (χ3v) is 7.92. The van der Waals surface area contributed by atoms with E-state index >= 15 is 0 Å². The lowest BCUT2D eigenvalue weighted by Crippen LogP contribution is -2.38. The minimum Gasteiger partial charge on any atom is -0.464 e. The lowest BCUT2D eigenvalue weighted by atomic mass is 9.67. The van der Waals surface area contributed by atoms with Gasteiger partial charge in [0.05, 0.1) is 6.61 Å². The van der Waals surface area contributed by atoms with Crippen molar-refractivity contribution < 1.29 is 9.53 Å². The summed E-state index contributed by atoms with van der Waals surface area (Å²) in [5, 5.41) is 0. The van der Waals surface area contributed by atoms with Crippen LogP contribution in [0, 0.1) is 22.7 Å². The predicted molar refractivity (Wildman–Crippen MR) is 106 cm³/mol. The minimum atomic E-state index is -0.300. The van der Waals surface area contributed by atoms with Gasteiger partial charge in [0.1, 0.15) is 6.04 Å². The first kappa shape index (κ1) is 19.4. The molecule has 0 saturated heterocycles. The Balaban J connectivity index is 1.71. The molecule has 3 heteroatoms. The Labute approximate surface area is 159 Å². The van der Waals surface area contributed by atoms with Crippen LogP contribution in [0.5, 0.6) is 0 Å². The zero-order valence-corrected chi connectivity index (χ0v) is 17.1. The topological polar surface area (TPSA) is 29.5 Å². The van der Waals surface area contributed by atoms with Gasteiger partial charge in [-0.25, -0.2) is 4.79 Å². The summed E-state index contributed by atoms with van der Waals surface area (Å²) in [5.74, 6) is 1.18. The van der Waals surface area contributed by atoms with E-state index in [9.17, 15) is 4.79 Å². The van der Waals surface area contributed by atoms with Crippen molar-refractivity contribution in [2.45, 2.75) is 59.9 Å². The molecule has 2 aliphatic rings. The first-order valence-corrected chi connectivity index (χ1v) is 10.3. The van der Waals surface area contributed by atoms with Crippen LogP contribution in [-0.2, 0) is 9.53 Å². The quantitative estimate of drug-likeness (QED) is 0.638. The van der Waals surface area contributed by atoms with E-state index in [1.165, 1.54) is 19.3 Å². The fourth-order valence-corrected chi connectivity index (χ4v) is 5.60. The van der Waals surface area contributed by atoms with Gasteiger partial charge in [0, 0.05) is 0 Å². The van der Waals surface area contributed by atoms with Crippen LogP contribution in [0.2, 0.25) is 0 Å². The molecule has 1 aromatic rings. The van der Waals surface area contributed by atoms with E-state index in [-0.39, 0.29) is 12.0 Å². The third-order valence-electron chi connectivity index (χ3n) is 7.92. The Morgan fingerprint density at radius 1 is 1.19 bits per heavy atom. The molecule has 0 aliphatic heterocycles. The zero-order valence-electron chi connectivity index (χ0n) is 17.1. The number of likely N-dealkylation sites (N-methyl/N-ethyl adjacent to an activating group) is 1. The van der Waals surface area contributed by atoms with Crippen molar-refractivity contribution in [1.29, 1.82) is 0 Å². The second-order valence-corrected chi connectivity index (χ2v) is 8.97. The summed E-state index contributed by atoms with van der Waals surface area (Å²) in [6.45, 7) is 13.7. The minimum absolute atomic E-state index is 0.0934. The molecule has 0 radical (unpaired) electrons. The van der Waals surface area contributed by atoms with Crippen molar-refractivity contribution in [1.82, 2.24) is 4.90 Å². The molecular formula is C23H35NO2. The van der Waals surface area contributed by atoms with Gasteiger partial charge in [0.15, 0.2) is 0 Å². The van der Waals surface area contributed by atoms with Gasteiger partial charge in [-0.2, -0.15) is 0 Å². The number of carbonyl (C=O) groups excluding carboxylic acids is 1. The first-order valence-electron chi connectivity index (χ1n) is 10.3. The molecule has 1 unspecified atom stereocenters. The summed E-state index contributed by atoms with van der Waals surface area (Å²) in [4.78, 5) is 15.3. The molecule has 144 valence electrons. The molecule has 26 heavy (non-hydrogen) atoms. The molecule has 2 fully saturated rings. The predicted octanol–water partition coefficient (Wildman–Crippen LogP) is 5.08. The van der Waals surface area contributed by atoms with Gasteiger partial charge in [-0.05, 0) is 60.6 Å². The summed E-state index contributed by atoms with van der Waals surface area (Å²) in [6.07, 6.45) is 3.81. The Morgan fingerprint density at radius 3 is 2.35 bits per heavy atom. The number of carbonyl (C=O) groups is 1. The smallest absolute Gasteiger partial charge is 0.328 e. The maximum atomic E-state index is 13.1. The lowest BCUT2D eigenvalue weighted by molar-refractivity contribution is -0.153. The van der Waals surface area contributed by atoms with Crippen molar-refractivity contribution in [3.8, 4) is 0 Å². The highest BCUT2D eigenvalue weighted by Gasteiger charge is 2.61. The molecule has 0 heterocycles. The second-order valence-electron chi connectivity index (χ2n) is 8.97. The molecular weight excluding hydrogens is 322 g/mol. The number of benzene rings is 1. The van der Waals surface area contributed by atoms with Crippen LogP contribution >= 0.6 is 0 Å². The van der Waals surface area contributed by atoms with Gasteiger partial charge in [-0.1, -0.05) is 65.0 Å². The average molecular weight is 358 g/mol. The van der Waals surface area contributed by atoms with Crippen LogP contribution < -0.4 is 0 Å². The van der Waals surface area contributed by atoms with Crippen LogP contribution in [0.4, 0.5) is 0 Å². The van der Waals surface area contributed by atoms with Crippen LogP contribution in [0.1, 0.15) is 65.5 Å². The summed E-state index contributed by atoms with van der Waals surface area (Å²) in [6, 6.07) is 9.76. The van der Waals surface area contributed by atoms with Crippen molar-refractivity contribution in [3.05, 3.63) is 35.9 Å². The molecule has 0 aromatic heterocycles. The number of hydrogen-bond donors (Lipinski definition) is 0. The highest BCUT2D eigenvalue weighted by atomic mass is 16.5. The van der Waals surface area contributed by atoms with Crippen molar-refractivity contribution >= 4 is 5.97 Å². The van der Waals surface area contributed by atoms with Gasteiger partial charge < -0.3 is 4.74 Å². The Morgan fingerprint density at radius 2 is 1.85 bits per heavy atom. The molecule has 2 saturated carbocycles. The molecule has 3 nitrogen and oxygen atoms in total. The largest absolute Gasteiger partial charge is 0.464 e. The van der Waals surface area contributed by atoms with Crippen LogP contribution in [0.15, 0.2) is 30.3 Å². The van der Waals surface area contributed by atoms with E-state index in [1.807, 2.05) is 30.3 Å². The number of nitrogens with zero attached hydrogens (tertiary/aromatic N) is 1. The van der Waals surface area contributed by atoms with Crippen LogP contribution in [0.25, 0.3) is 0 Å². The van der Waals surface area contributed by atoms with Crippen LogP contribution in [0.3, 0.4) is 0 Å². The molecule has 0 N–H and O–H groups in total. The highest BCUT2D eigenvalue weighted by molar-refractivity contribution is 5.77. The summed E-state index contributed by atoms with van der Waals surface area (Å²) in [7, 11) is 0. The number of ether oxygens (including phenoxy) is 1. The van der Waals surface area contributed by atoms with Gasteiger partial charge in [0.2, 0.25) is 0 Å². The number of esters is 1. The summed E-state index contributed by atoms with van der Waals surface area (Å²) in [5.41, 5.74) is 1.69. The summed E-state index contributed by atoms with van der Waals surface area (Å²) < 4.78 is 5.96. The Bertz CT molecular complexity index is 622. The van der Waals surface area contributed by atoms with E-state index < -0.39 is 0 Å². The zero-order chi connectivity index (χ0) is 18.9. The Kier molecular flexibility index (Phi) is 5.48. The van der Waals surface area contributed by atoms with Gasteiger partial charge in [-0.15, -0.1) is 0 Å². The SMILES string of the molecule is CCN(CC)C(C(=O)OC[C@@H]1C[C@@H]2CC[C@@]1(C)C2(C)C)c1ccccc1. The molecule has 3 rings (SSSR count). The molecule has 2 aliphatic carbocycles.